The zero-order chi connectivity index (χ0) is 15.7. The van der Waals surface area contributed by atoms with Gasteiger partial charge in [0, 0.05) is 5.56 Å². The fourth-order valence-corrected chi connectivity index (χ4v) is 2.90. The van der Waals surface area contributed by atoms with E-state index in [2.05, 4.69) is 5.10 Å². The summed E-state index contributed by atoms with van der Waals surface area (Å²) < 4.78 is 1.60. The number of aromatic nitrogens is 2. The van der Waals surface area contributed by atoms with Crippen molar-refractivity contribution in [3.63, 3.8) is 0 Å². The Morgan fingerprint density at radius 1 is 1.00 bits per heavy atom. The van der Waals surface area contributed by atoms with Gasteiger partial charge >= 0.3 is 0 Å². The van der Waals surface area contributed by atoms with E-state index in [1.54, 1.807) is 4.68 Å². The molecule has 0 saturated heterocycles. The molecule has 0 saturated carbocycles. The third kappa shape index (κ3) is 2.34. The quantitative estimate of drug-likeness (QED) is 0.661. The summed E-state index contributed by atoms with van der Waals surface area (Å²) in [5, 5.41) is 4.93. The number of carbonyl (C=O) groups excluding carboxylic acids is 1. The lowest BCUT2D eigenvalue weighted by Crippen LogP contribution is -1.96. The molecular formula is C18H15ClN2O. The molecule has 1 heterocycles. The average molecular weight is 311 g/mol. The van der Waals surface area contributed by atoms with E-state index in [0.29, 0.717) is 16.4 Å². The van der Waals surface area contributed by atoms with Crippen LogP contribution in [0.3, 0.4) is 0 Å². The van der Waals surface area contributed by atoms with Crippen molar-refractivity contribution in [2.24, 2.45) is 0 Å². The number of aryl methyl sites for hydroxylation is 2. The van der Waals surface area contributed by atoms with Gasteiger partial charge in [-0.3, -0.25) is 4.79 Å². The van der Waals surface area contributed by atoms with Gasteiger partial charge in [-0.1, -0.05) is 48.0 Å². The minimum Gasteiger partial charge on any atom is -0.298 e. The number of carbonyl (C=O) groups is 1. The van der Waals surface area contributed by atoms with Gasteiger partial charge in [0.1, 0.15) is 10.8 Å². The average Bonchev–Trinajstić information content (AvgIpc) is 2.84. The molecule has 3 nitrogen and oxygen atoms in total. The van der Waals surface area contributed by atoms with Crippen molar-refractivity contribution in [2.75, 3.05) is 0 Å². The Labute approximate surface area is 134 Å². The Bertz CT molecular complexity index is 818. The van der Waals surface area contributed by atoms with Crippen LogP contribution in [0.4, 0.5) is 0 Å². The third-order valence-corrected chi connectivity index (χ3v) is 4.06. The first-order valence-corrected chi connectivity index (χ1v) is 7.37. The van der Waals surface area contributed by atoms with Gasteiger partial charge in [0.2, 0.25) is 0 Å². The SMILES string of the molecule is Cc1cccc(C)c1-c1nn(-c2ccccc2)c(Cl)c1C=O. The number of halogens is 1. The zero-order valence-electron chi connectivity index (χ0n) is 12.4. The predicted octanol–water partition coefficient (Wildman–Crippen LogP) is 4.62. The lowest BCUT2D eigenvalue weighted by molar-refractivity contribution is 0.112. The van der Waals surface area contributed by atoms with Gasteiger partial charge in [-0.2, -0.15) is 5.10 Å². The molecule has 4 heteroatoms. The highest BCUT2D eigenvalue weighted by Gasteiger charge is 2.20. The van der Waals surface area contributed by atoms with E-state index in [9.17, 15) is 4.79 Å². The van der Waals surface area contributed by atoms with Crippen molar-refractivity contribution in [1.82, 2.24) is 9.78 Å². The highest BCUT2D eigenvalue weighted by molar-refractivity contribution is 6.32. The van der Waals surface area contributed by atoms with Gasteiger partial charge in [0.15, 0.2) is 6.29 Å². The number of nitrogens with zero attached hydrogens (tertiary/aromatic N) is 2. The van der Waals surface area contributed by atoms with Crippen LogP contribution in [0.5, 0.6) is 0 Å². The van der Waals surface area contributed by atoms with Gasteiger partial charge in [-0.25, -0.2) is 4.68 Å². The maximum atomic E-state index is 11.6. The second-order valence-electron chi connectivity index (χ2n) is 5.19. The molecule has 0 unspecified atom stereocenters. The van der Waals surface area contributed by atoms with Gasteiger partial charge in [0.25, 0.3) is 0 Å². The van der Waals surface area contributed by atoms with E-state index in [-0.39, 0.29) is 0 Å². The molecule has 0 amide bonds. The molecule has 0 radical (unpaired) electrons. The summed E-state index contributed by atoms with van der Waals surface area (Å²) in [4.78, 5) is 11.6. The molecule has 0 fully saturated rings. The first-order chi connectivity index (χ1) is 10.6. The van der Waals surface area contributed by atoms with Crippen molar-refractivity contribution in [3.05, 3.63) is 70.4 Å². The second kappa shape index (κ2) is 5.78. The molecule has 2 aromatic carbocycles. The molecule has 1 aromatic heterocycles. The van der Waals surface area contributed by atoms with Gasteiger partial charge in [0.05, 0.1) is 11.3 Å². The van der Waals surface area contributed by atoms with Gasteiger partial charge in [-0.15, -0.1) is 0 Å². The minimum absolute atomic E-state index is 0.332. The summed E-state index contributed by atoms with van der Waals surface area (Å²) in [6, 6.07) is 15.6. The first-order valence-electron chi connectivity index (χ1n) is 6.99. The Hall–Kier alpha value is -2.39. The molecule has 0 N–H and O–H groups in total. The fraction of sp³-hybridized carbons (Fsp3) is 0.111. The Kier molecular flexibility index (Phi) is 3.82. The molecule has 0 spiro atoms. The van der Waals surface area contributed by atoms with E-state index < -0.39 is 0 Å². The number of hydrogen-bond acceptors (Lipinski definition) is 2. The fourth-order valence-electron chi connectivity index (χ4n) is 2.63. The molecule has 3 aromatic rings. The monoisotopic (exact) mass is 310 g/mol. The summed E-state index contributed by atoms with van der Waals surface area (Å²) >= 11 is 6.39. The van der Waals surface area contributed by atoms with E-state index in [1.807, 2.05) is 62.4 Å². The summed E-state index contributed by atoms with van der Waals surface area (Å²) in [6.07, 6.45) is 0.774. The molecule has 0 bridgehead atoms. The molecule has 0 aliphatic heterocycles. The predicted molar refractivity (Wildman–Crippen MR) is 88.9 cm³/mol. The number of benzene rings is 2. The molecular weight excluding hydrogens is 296 g/mol. The van der Waals surface area contributed by atoms with Crippen LogP contribution in [0.25, 0.3) is 16.9 Å². The summed E-state index contributed by atoms with van der Waals surface area (Å²) in [5.74, 6) is 0. The molecule has 3 rings (SSSR count). The van der Waals surface area contributed by atoms with E-state index in [1.165, 1.54) is 0 Å². The lowest BCUT2D eigenvalue weighted by Gasteiger charge is -2.07. The Morgan fingerprint density at radius 2 is 1.64 bits per heavy atom. The highest BCUT2D eigenvalue weighted by Crippen LogP contribution is 2.33. The van der Waals surface area contributed by atoms with Gasteiger partial charge < -0.3 is 0 Å². The molecule has 0 aliphatic rings. The van der Waals surface area contributed by atoms with E-state index in [4.69, 9.17) is 11.6 Å². The van der Waals surface area contributed by atoms with E-state index >= 15 is 0 Å². The summed E-state index contributed by atoms with van der Waals surface area (Å²) in [6.45, 7) is 4.01. The number of hydrogen-bond donors (Lipinski definition) is 0. The Balaban J connectivity index is 2.28. The normalized spacial score (nSPS) is 10.7. The van der Waals surface area contributed by atoms with Gasteiger partial charge in [-0.05, 0) is 37.1 Å². The molecule has 22 heavy (non-hydrogen) atoms. The summed E-state index contributed by atoms with van der Waals surface area (Å²) in [5.41, 5.74) is 4.96. The van der Waals surface area contributed by atoms with Crippen molar-refractivity contribution in [3.8, 4) is 16.9 Å². The number of para-hydroxylation sites is 1. The molecule has 0 aliphatic carbocycles. The van der Waals surface area contributed by atoms with Crippen LogP contribution in [-0.2, 0) is 0 Å². The van der Waals surface area contributed by atoms with Crippen LogP contribution >= 0.6 is 11.6 Å². The molecule has 0 atom stereocenters. The topological polar surface area (TPSA) is 34.9 Å². The van der Waals surface area contributed by atoms with Crippen molar-refractivity contribution < 1.29 is 4.79 Å². The standard InChI is InChI=1S/C18H15ClN2O/c1-12-7-6-8-13(2)16(12)17-15(11-22)18(19)21(20-17)14-9-4-3-5-10-14/h3-11H,1-2H3. The largest absolute Gasteiger partial charge is 0.298 e. The zero-order valence-corrected chi connectivity index (χ0v) is 13.1. The van der Waals surface area contributed by atoms with Crippen LogP contribution in [0.1, 0.15) is 21.5 Å². The van der Waals surface area contributed by atoms with Crippen molar-refractivity contribution in [2.45, 2.75) is 13.8 Å². The highest BCUT2D eigenvalue weighted by atomic mass is 35.5. The van der Waals surface area contributed by atoms with Crippen LogP contribution in [0, 0.1) is 13.8 Å². The maximum absolute atomic E-state index is 11.6. The van der Waals surface area contributed by atoms with E-state index in [0.717, 1.165) is 28.7 Å². The smallest absolute Gasteiger partial charge is 0.155 e. The van der Waals surface area contributed by atoms with Crippen LogP contribution < -0.4 is 0 Å². The third-order valence-electron chi connectivity index (χ3n) is 3.70. The Morgan fingerprint density at radius 3 is 2.23 bits per heavy atom. The van der Waals surface area contributed by atoms with Crippen molar-refractivity contribution >= 4 is 17.9 Å². The summed E-state index contributed by atoms with van der Waals surface area (Å²) in [7, 11) is 0. The van der Waals surface area contributed by atoms with Crippen LogP contribution in [-0.4, -0.2) is 16.1 Å². The van der Waals surface area contributed by atoms with Crippen LogP contribution in [0.2, 0.25) is 5.15 Å². The second-order valence-corrected chi connectivity index (χ2v) is 5.54. The minimum atomic E-state index is 0.332. The first kappa shape index (κ1) is 14.5. The van der Waals surface area contributed by atoms with Crippen LogP contribution in [0.15, 0.2) is 48.5 Å². The maximum Gasteiger partial charge on any atom is 0.155 e. The molecule has 110 valence electrons. The number of rotatable bonds is 3. The number of aldehydes is 1. The van der Waals surface area contributed by atoms with Crippen molar-refractivity contribution in [1.29, 1.82) is 0 Å². The lowest BCUT2D eigenvalue weighted by atomic mass is 9.98.